The summed E-state index contributed by atoms with van der Waals surface area (Å²) in [5, 5.41) is 19.9. The third kappa shape index (κ3) is 6.67. The maximum Gasteiger partial charge on any atom is 0.336 e. The van der Waals surface area contributed by atoms with Crippen molar-refractivity contribution >= 4 is 11.9 Å². The van der Waals surface area contributed by atoms with Crippen molar-refractivity contribution in [2.75, 3.05) is 13.7 Å². The second-order valence-corrected chi connectivity index (χ2v) is 6.17. The van der Waals surface area contributed by atoms with Gasteiger partial charge < -0.3 is 19.7 Å². The zero-order chi connectivity index (χ0) is 22.8. The van der Waals surface area contributed by atoms with Crippen molar-refractivity contribution in [3.63, 3.8) is 0 Å². The lowest BCUT2D eigenvalue weighted by Gasteiger charge is -2.17. The van der Waals surface area contributed by atoms with Gasteiger partial charge in [-0.25, -0.2) is 37.7 Å². The number of aromatic nitrogens is 3. The number of carbonyl (C=O) groups excluding carboxylic acids is 2. The Morgan fingerprint density at radius 3 is 1.97 bits per heavy atom. The van der Waals surface area contributed by atoms with Crippen LogP contribution in [0, 0.1) is 0 Å². The van der Waals surface area contributed by atoms with Crippen LogP contribution in [0.3, 0.4) is 0 Å². The normalized spacial score (nSPS) is 13.1. The SMILES string of the molecule is C=CCn1c(=O)n(CC(O)CC)c(=O)n(CC(O)COC(=O)C=CC(=O)OC)c1=O. The number of ether oxygens (including phenoxy) is 2. The fourth-order valence-corrected chi connectivity index (χ4v) is 2.31. The van der Waals surface area contributed by atoms with Crippen molar-refractivity contribution < 1.29 is 29.3 Å². The second kappa shape index (κ2) is 11.7. The molecule has 0 fully saturated rings. The first-order valence-corrected chi connectivity index (χ1v) is 9.00. The van der Waals surface area contributed by atoms with E-state index < -0.39 is 54.4 Å². The summed E-state index contributed by atoms with van der Waals surface area (Å²) in [6, 6.07) is 0. The van der Waals surface area contributed by atoms with Gasteiger partial charge in [0.05, 0.1) is 32.8 Å². The van der Waals surface area contributed by atoms with Gasteiger partial charge in [-0.2, -0.15) is 0 Å². The predicted molar refractivity (Wildman–Crippen MR) is 104 cm³/mol. The van der Waals surface area contributed by atoms with Crippen LogP contribution >= 0.6 is 0 Å². The average molecular weight is 427 g/mol. The maximum atomic E-state index is 12.6. The van der Waals surface area contributed by atoms with Crippen LogP contribution in [-0.4, -0.2) is 61.8 Å². The summed E-state index contributed by atoms with van der Waals surface area (Å²) in [7, 11) is 1.12. The molecule has 0 amide bonds. The van der Waals surface area contributed by atoms with Gasteiger partial charge in [0.25, 0.3) is 0 Å². The molecular formula is C18H25N3O9. The van der Waals surface area contributed by atoms with E-state index in [0.717, 1.165) is 23.8 Å². The molecule has 0 bridgehead atoms. The summed E-state index contributed by atoms with van der Waals surface area (Å²) in [5.41, 5.74) is -2.92. The lowest BCUT2D eigenvalue weighted by atomic mass is 10.3. The van der Waals surface area contributed by atoms with Crippen LogP contribution in [0.2, 0.25) is 0 Å². The number of hydrogen-bond acceptors (Lipinski definition) is 9. The highest BCUT2D eigenvalue weighted by Crippen LogP contribution is 1.94. The van der Waals surface area contributed by atoms with Gasteiger partial charge >= 0.3 is 29.0 Å². The Kier molecular flexibility index (Phi) is 9.65. The molecule has 12 nitrogen and oxygen atoms in total. The summed E-state index contributed by atoms with van der Waals surface area (Å²) in [4.78, 5) is 60.0. The smallest absolute Gasteiger partial charge is 0.336 e. The van der Waals surface area contributed by atoms with Gasteiger partial charge in [0.1, 0.15) is 12.7 Å². The molecule has 0 aliphatic heterocycles. The summed E-state index contributed by atoms with van der Waals surface area (Å²) < 4.78 is 11.1. The molecule has 12 heteroatoms. The third-order valence-electron chi connectivity index (χ3n) is 3.93. The molecule has 2 N–H and O–H groups in total. The number of allylic oxidation sites excluding steroid dienone is 1. The summed E-state index contributed by atoms with van der Waals surface area (Å²) in [6.07, 6.45) is 0.695. The van der Waals surface area contributed by atoms with E-state index in [9.17, 15) is 34.2 Å². The molecule has 2 atom stereocenters. The minimum atomic E-state index is -1.47. The van der Waals surface area contributed by atoms with E-state index in [2.05, 4.69) is 11.3 Å². The van der Waals surface area contributed by atoms with Gasteiger partial charge in [0.2, 0.25) is 0 Å². The molecule has 1 rings (SSSR count). The first-order valence-electron chi connectivity index (χ1n) is 9.00. The topological polar surface area (TPSA) is 159 Å². The molecule has 0 saturated heterocycles. The van der Waals surface area contributed by atoms with Gasteiger partial charge in [-0.3, -0.25) is 0 Å². The number of methoxy groups -OCH3 is 1. The highest BCUT2D eigenvalue weighted by molar-refractivity contribution is 5.91. The predicted octanol–water partition coefficient (Wildman–Crippen LogP) is -2.24. The van der Waals surface area contributed by atoms with Gasteiger partial charge in [0, 0.05) is 12.2 Å². The van der Waals surface area contributed by atoms with E-state index in [1.165, 1.54) is 6.08 Å². The number of carbonyl (C=O) groups is 2. The Morgan fingerprint density at radius 2 is 1.47 bits per heavy atom. The fourth-order valence-electron chi connectivity index (χ4n) is 2.31. The molecule has 0 aliphatic rings. The minimum Gasteiger partial charge on any atom is -0.466 e. The highest BCUT2D eigenvalue weighted by Gasteiger charge is 2.19. The van der Waals surface area contributed by atoms with E-state index in [-0.39, 0.29) is 19.5 Å². The number of rotatable bonds is 11. The van der Waals surface area contributed by atoms with Crippen LogP contribution in [-0.2, 0) is 38.7 Å². The number of esters is 2. The molecule has 0 aliphatic carbocycles. The van der Waals surface area contributed by atoms with Crippen LogP contribution in [0.15, 0.2) is 39.2 Å². The minimum absolute atomic E-state index is 0.191. The Hall–Kier alpha value is -3.25. The molecule has 166 valence electrons. The van der Waals surface area contributed by atoms with Crippen LogP contribution in [0.1, 0.15) is 13.3 Å². The van der Waals surface area contributed by atoms with Gasteiger partial charge in [-0.05, 0) is 6.42 Å². The van der Waals surface area contributed by atoms with Crippen molar-refractivity contribution in [2.45, 2.75) is 45.2 Å². The van der Waals surface area contributed by atoms with E-state index in [1.54, 1.807) is 6.92 Å². The van der Waals surface area contributed by atoms with Gasteiger partial charge in [-0.1, -0.05) is 13.0 Å². The van der Waals surface area contributed by atoms with E-state index in [0.29, 0.717) is 9.13 Å². The number of nitrogens with zero attached hydrogens (tertiary/aromatic N) is 3. The van der Waals surface area contributed by atoms with Crippen LogP contribution in [0.25, 0.3) is 0 Å². The Balaban J connectivity index is 3.11. The standard InChI is InChI=1S/C18H25N3O9/c1-4-8-19-16(26)20(9-12(22)5-2)18(28)21(17(19)27)10-13(23)11-30-15(25)7-6-14(24)29-3/h4,6-7,12-13,22-23H,1,5,8-11H2,2-3H3. The first kappa shape index (κ1) is 24.8. The Labute approximate surface area is 170 Å². The lowest BCUT2D eigenvalue weighted by molar-refractivity contribution is -0.141. The van der Waals surface area contributed by atoms with Crippen molar-refractivity contribution in [2.24, 2.45) is 0 Å². The van der Waals surface area contributed by atoms with Crippen molar-refractivity contribution in [1.82, 2.24) is 13.7 Å². The number of aliphatic hydroxyl groups excluding tert-OH is 2. The van der Waals surface area contributed by atoms with Crippen LogP contribution in [0.4, 0.5) is 0 Å². The lowest BCUT2D eigenvalue weighted by Crippen LogP contribution is -2.56. The largest absolute Gasteiger partial charge is 0.466 e. The summed E-state index contributed by atoms with van der Waals surface area (Å²) in [5.74, 6) is -1.73. The zero-order valence-electron chi connectivity index (χ0n) is 16.7. The van der Waals surface area contributed by atoms with Crippen LogP contribution < -0.4 is 17.1 Å². The molecule has 0 saturated carbocycles. The molecule has 30 heavy (non-hydrogen) atoms. The first-order chi connectivity index (χ1) is 14.2. The highest BCUT2D eigenvalue weighted by atomic mass is 16.5. The van der Waals surface area contributed by atoms with Crippen LogP contribution in [0.5, 0.6) is 0 Å². The molecular weight excluding hydrogens is 402 g/mol. The molecule has 0 spiro atoms. The van der Waals surface area contributed by atoms with E-state index in [1.807, 2.05) is 0 Å². The zero-order valence-corrected chi connectivity index (χ0v) is 16.7. The summed E-state index contributed by atoms with van der Waals surface area (Å²) >= 11 is 0. The molecule has 1 aromatic rings. The third-order valence-corrected chi connectivity index (χ3v) is 3.93. The molecule has 1 aromatic heterocycles. The molecule has 0 aromatic carbocycles. The quantitative estimate of drug-likeness (QED) is 0.226. The van der Waals surface area contributed by atoms with Crippen molar-refractivity contribution in [3.8, 4) is 0 Å². The van der Waals surface area contributed by atoms with Gasteiger partial charge in [-0.15, -0.1) is 6.58 Å². The monoisotopic (exact) mass is 427 g/mol. The van der Waals surface area contributed by atoms with E-state index >= 15 is 0 Å². The average Bonchev–Trinajstić information content (AvgIpc) is 2.73. The Morgan fingerprint density at radius 1 is 0.967 bits per heavy atom. The fraction of sp³-hybridized carbons (Fsp3) is 0.500. The second-order valence-electron chi connectivity index (χ2n) is 6.17. The van der Waals surface area contributed by atoms with E-state index in [4.69, 9.17) is 4.74 Å². The molecule has 2 unspecified atom stereocenters. The van der Waals surface area contributed by atoms with Gasteiger partial charge in [0.15, 0.2) is 0 Å². The number of aliphatic hydroxyl groups is 2. The molecule has 0 radical (unpaired) electrons. The summed E-state index contributed by atoms with van der Waals surface area (Å²) in [6.45, 7) is 3.41. The molecule has 1 heterocycles. The van der Waals surface area contributed by atoms with Crippen molar-refractivity contribution in [1.29, 1.82) is 0 Å². The van der Waals surface area contributed by atoms with Crippen molar-refractivity contribution in [3.05, 3.63) is 56.3 Å². The maximum absolute atomic E-state index is 12.6. The number of hydrogen-bond donors (Lipinski definition) is 2. The Bertz CT molecular complexity index is 971.